The van der Waals surface area contributed by atoms with Gasteiger partial charge < -0.3 is 0 Å². The molecule has 0 bridgehead atoms. The molecule has 1 heterocycles. The molecule has 0 aliphatic heterocycles. The minimum Gasteiger partial charge on any atom is -0.249 e. The van der Waals surface area contributed by atoms with E-state index in [1.807, 2.05) is 0 Å². The lowest BCUT2D eigenvalue weighted by Crippen LogP contribution is -2.08. The summed E-state index contributed by atoms with van der Waals surface area (Å²) in [4.78, 5) is 0. The molecule has 0 radical (unpaired) electrons. The van der Waals surface area contributed by atoms with Crippen LogP contribution in [0.25, 0.3) is 0 Å². The summed E-state index contributed by atoms with van der Waals surface area (Å²) >= 11 is 5.67. The third kappa shape index (κ3) is 3.21. The van der Waals surface area contributed by atoms with Crippen molar-refractivity contribution in [1.29, 1.82) is 0 Å². The van der Waals surface area contributed by atoms with Gasteiger partial charge in [0.15, 0.2) is 0 Å². The van der Waals surface area contributed by atoms with Gasteiger partial charge in [0.05, 0.1) is 11.7 Å². The van der Waals surface area contributed by atoms with Crippen LogP contribution in [0, 0.1) is 0 Å². The van der Waals surface area contributed by atoms with E-state index in [4.69, 9.17) is 11.6 Å². The lowest BCUT2D eigenvalue weighted by molar-refractivity contribution is 0.396. The van der Waals surface area contributed by atoms with Gasteiger partial charge in [-0.2, -0.15) is 0 Å². The Morgan fingerprint density at radius 1 is 1.25 bits per heavy atom. The normalized spacial score (nSPS) is 18.6. The predicted octanol–water partition coefficient (Wildman–Crippen LogP) is 3.34. The maximum absolute atomic E-state index is 5.67. The molecule has 0 N–H and O–H groups in total. The molecule has 0 aromatic carbocycles. The van der Waals surface area contributed by atoms with Gasteiger partial charge in [-0.1, -0.05) is 30.9 Å². The van der Waals surface area contributed by atoms with Crippen LogP contribution in [0.2, 0.25) is 0 Å². The largest absolute Gasteiger partial charge is 0.249 e. The van der Waals surface area contributed by atoms with Crippen LogP contribution in [0.5, 0.6) is 0 Å². The fourth-order valence-electron chi connectivity index (χ4n) is 2.38. The molecule has 0 unspecified atom stereocenters. The Hall–Kier alpha value is -0.570. The molecule has 4 heteroatoms. The zero-order valence-electron chi connectivity index (χ0n) is 9.74. The van der Waals surface area contributed by atoms with E-state index >= 15 is 0 Å². The third-order valence-corrected chi connectivity index (χ3v) is 3.59. The summed E-state index contributed by atoms with van der Waals surface area (Å²) in [6, 6.07) is 0.583. The highest BCUT2D eigenvalue weighted by Crippen LogP contribution is 2.26. The first kappa shape index (κ1) is 11.9. The van der Waals surface area contributed by atoms with E-state index in [9.17, 15) is 0 Å². The molecule has 0 atom stereocenters. The average Bonchev–Trinajstić information content (AvgIpc) is 2.60. The van der Waals surface area contributed by atoms with Crippen molar-refractivity contribution >= 4 is 11.6 Å². The van der Waals surface area contributed by atoms with Crippen molar-refractivity contribution in [2.75, 3.05) is 5.88 Å². The molecule has 16 heavy (non-hydrogen) atoms. The smallest absolute Gasteiger partial charge is 0.0827 e. The molecule has 0 saturated heterocycles. The highest BCUT2D eigenvalue weighted by Gasteiger charge is 2.15. The van der Waals surface area contributed by atoms with Crippen LogP contribution in [-0.4, -0.2) is 20.9 Å². The lowest BCUT2D eigenvalue weighted by Gasteiger charge is -2.12. The Labute approximate surface area is 102 Å². The summed E-state index contributed by atoms with van der Waals surface area (Å²) in [5.41, 5.74) is 1.09. The van der Waals surface area contributed by atoms with E-state index < -0.39 is 0 Å². The molecule has 1 aromatic rings. The van der Waals surface area contributed by atoms with Gasteiger partial charge in [-0.15, -0.1) is 16.7 Å². The first-order valence-electron chi connectivity index (χ1n) is 6.37. The van der Waals surface area contributed by atoms with Gasteiger partial charge in [0, 0.05) is 12.1 Å². The molecule has 1 aromatic heterocycles. The highest BCUT2D eigenvalue weighted by atomic mass is 35.5. The van der Waals surface area contributed by atoms with Crippen molar-refractivity contribution in [3.8, 4) is 0 Å². The van der Waals surface area contributed by atoms with Gasteiger partial charge >= 0.3 is 0 Å². The summed E-state index contributed by atoms with van der Waals surface area (Å²) < 4.78 is 2.08. The Balaban J connectivity index is 1.94. The van der Waals surface area contributed by atoms with Crippen molar-refractivity contribution in [3.05, 3.63) is 11.9 Å². The summed E-state index contributed by atoms with van der Waals surface area (Å²) in [5.74, 6) is 0.705. The molecule has 1 aliphatic carbocycles. The molecule has 1 aliphatic rings. The minimum absolute atomic E-state index is 0.583. The van der Waals surface area contributed by atoms with Gasteiger partial charge in [0.1, 0.15) is 0 Å². The van der Waals surface area contributed by atoms with Crippen LogP contribution in [0.15, 0.2) is 6.20 Å². The average molecular weight is 242 g/mol. The first-order valence-corrected chi connectivity index (χ1v) is 6.90. The van der Waals surface area contributed by atoms with Crippen LogP contribution < -0.4 is 0 Å². The first-order chi connectivity index (χ1) is 7.90. The van der Waals surface area contributed by atoms with Crippen LogP contribution in [0.4, 0.5) is 0 Å². The Morgan fingerprint density at radius 2 is 2.00 bits per heavy atom. The number of halogens is 1. The summed E-state index contributed by atoms with van der Waals surface area (Å²) in [6.45, 7) is 0. The molecule has 90 valence electrons. The molecule has 0 spiro atoms. The Bertz CT molecular complexity index is 303. The number of rotatable bonds is 4. The number of hydrogen-bond donors (Lipinski definition) is 0. The zero-order valence-corrected chi connectivity index (χ0v) is 10.5. The fourth-order valence-corrected chi connectivity index (χ4v) is 2.51. The van der Waals surface area contributed by atoms with E-state index in [-0.39, 0.29) is 0 Å². The molecule has 1 saturated carbocycles. The summed E-state index contributed by atoms with van der Waals surface area (Å²) in [7, 11) is 0. The summed E-state index contributed by atoms with van der Waals surface area (Å²) in [6.07, 6.45) is 12.0. The Kier molecular flexibility index (Phi) is 4.64. The van der Waals surface area contributed by atoms with E-state index in [1.54, 1.807) is 0 Å². The number of hydrogen-bond acceptors (Lipinski definition) is 2. The van der Waals surface area contributed by atoms with Crippen molar-refractivity contribution < 1.29 is 0 Å². The third-order valence-electron chi connectivity index (χ3n) is 3.32. The van der Waals surface area contributed by atoms with Gasteiger partial charge in [0.25, 0.3) is 0 Å². The fraction of sp³-hybridized carbons (Fsp3) is 0.833. The second-order valence-electron chi connectivity index (χ2n) is 4.63. The topological polar surface area (TPSA) is 30.7 Å². The Morgan fingerprint density at radius 3 is 2.69 bits per heavy atom. The van der Waals surface area contributed by atoms with Gasteiger partial charge in [-0.25, -0.2) is 4.68 Å². The minimum atomic E-state index is 0.583. The van der Waals surface area contributed by atoms with E-state index in [2.05, 4.69) is 21.2 Å². The lowest BCUT2D eigenvalue weighted by atomic mass is 10.1. The second kappa shape index (κ2) is 6.24. The SMILES string of the molecule is ClCCCc1cn(C2CCCCCC2)nn1. The maximum atomic E-state index is 5.67. The van der Waals surface area contributed by atoms with E-state index in [0.717, 1.165) is 18.5 Å². The molecule has 2 rings (SSSR count). The van der Waals surface area contributed by atoms with Crippen LogP contribution in [-0.2, 0) is 6.42 Å². The molecular weight excluding hydrogens is 222 g/mol. The number of aromatic nitrogens is 3. The highest BCUT2D eigenvalue weighted by molar-refractivity contribution is 6.17. The van der Waals surface area contributed by atoms with Crippen molar-refractivity contribution in [2.24, 2.45) is 0 Å². The summed E-state index contributed by atoms with van der Waals surface area (Å²) in [5, 5.41) is 8.47. The van der Waals surface area contributed by atoms with Crippen molar-refractivity contribution in [1.82, 2.24) is 15.0 Å². The zero-order chi connectivity index (χ0) is 11.2. The number of alkyl halides is 1. The molecule has 1 fully saturated rings. The van der Waals surface area contributed by atoms with E-state index in [0.29, 0.717) is 11.9 Å². The van der Waals surface area contributed by atoms with Crippen LogP contribution in [0.3, 0.4) is 0 Å². The molecular formula is C12H20ClN3. The molecule has 0 amide bonds. The molecule has 3 nitrogen and oxygen atoms in total. The van der Waals surface area contributed by atoms with Crippen molar-refractivity contribution in [3.63, 3.8) is 0 Å². The van der Waals surface area contributed by atoms with Gasteiger partial charge in [-0.05, 0) is 25.7 Å². The van der Waals surface area contributed by atoms with Crippen LogP contribution >= 0.6 is 11.6 Å². The van der Waals surface area contributed by atoms with Gasteiger partial charge in [-0.3, -0.25) is 0 Å². The van der Waals surface area contributed by atoms with Crippen LogP contribution in [0.1, 0.15) is 56.7 Å². The van der Waals surface area contributed by atoms with Crippen molar-refractivity contribution in [2.45, 2.75) is 57.4 Å². The number of nitrogens with zero attached hydrogens (tertiary/aromatic N) is 3. The number of aryl methyl sites for hydroxylation is 1. The van der Waals surface area contributed by atoms with Gasteiger partial charge in [0.2, 0.25) is 0 Å². The standard InChI is InChI=1S/C12H20ClN3/c13-9-5-6-11-10-16(15-14-11)12-7-3-1-2-4-8-12/h10,12H,1-9H2. The monoisotopic (exact) mass is 241 g/mol. The quantitative estimate of drug-likeness (QED) is 0.598. The van der Waals surface area contributed by atoms with E-state index in [1.165, 1.54) is 38.5 Å². The maximum Gasteiger partial charge on any atom is 0.0827 e. The second-order valence-corrected chi connectivity index (χ2v) is 5.01. The predicted molar refractivity (Wildman–Crippen MR) is 65.8 cm³/mol.